The van der Waals surface area contributed by atoms with E-state index in [0.29, 0.717) is 18.2 Å². The zero-order valence-electron chi connectivity index (χ0n) is 17.0. The van der Waals surface area contributed by atoms with E-state index in [2.05, 4.69) is 47.7 Å². The van der Waals surface area contributed by atoms with E-state index in [1.807, 2.05) is 11.0 Å². The molecule has 1 aliphatic carbocycles. The van der Waals surface area contributed by atoms with E-state index in [0.717, 1.165) is 31.7 Å². The molecule has 5 nitrogen and oxygen atoms in total. The second-order valence-electron chi connectivity index (χ2n) is 8.52. The lowest BCUT2D eigenvalue weighted by Crippen LogP contribution is -2.50. The summed E-state index contributed by atoms with van der Waals surface area (Å²) < 4.78 is 2.27. The average Bonchev–Trinajstić information content (AvgIpc) is 3.17. The largest absolute Gasteiger partial charge is 0.332 e. The summed E-state index contributed by atoms with van der Waals surface area (Å²) in [5.74, 6) is 2.09. The van der Waals surface area contributed by atoms with Gasteiger partial charge in [-0.1, -0.05) is 67.9 Å². The number of carbonyl (C=O) groups is 1. The highest BCUT2D eigenvalue weighted by Crippen LogP contribution is 2.36. The Balaban J connectivity index is 1.60. The molecule has 0 spiro atoms. The number of nitrogens with two attached hydrogens (primary N) is 1. The van der Waals surface area contributed by atoms with Gasteiger partial charge >= 0.3 is 0 Å². The highest BCUT2D eigenvalue weighted by atomic mass is 32.1. The zero-order chi connectivity index (χ0) is 20.2. The maximum absolute atomic E-state index is 13.0. The Labute approximate surface area is 179 Å². The van der Waals surface area contributed by atoms with Crippen LogP contribution in [0.25, 0.3) is 0 Å². The Morgan fingerprint density at radius 3 is 2.69 bits per heavy atom. The molecule has 2 aliphatic rings. The maximum atomic E-state index is 13.0. The molecule has 1 aromatic carbocycles. The molecule has 0 bridgehead atoms. The van der Waals surface area contributed by atoms with Gasteiger partial charge in [-0.2, -0.15) is 12.6 Å². The van der Waals surface area contributed by atoms with Crippen LogP contribution >= 0.6 is 12.6 Å². The fraction of sp³-hybridized carbons (Fsp3) is 0.545. The number of hydrogen-bond acceptors (Lipinski definition) is 4. The van der Waals surface area contributed by atoms with Gasteiger partial charge in [-0.05, 0) is 12.3 Å². The predicted octanol–water partition coefficient (Wildman–Crippen LogP) is 1.38. The number of carbonyl (C=O) groups excluding carboxylic acids is 1. The van der Waals surface area contributed by atoms with Gasteiger partial charge < -0.3 is 15.2 Å². The van der Waals surface area contributed by atoms with Crippen molar-refractivity contribution in [2.24, 2.45) is 11.7 Å². The Morgan fingerprint density at radius 2 is 1.97 bits per heavy atom. The van der Waals surface area contributed by atoms with Crippen molar-refractivity contribution in [2.45, 2.75) is 57.2 Å². The van der Waals surface area contributed by atoms with Gasteiger partial charge in [0.1, 0.15) is 5.82 Å². The first-order valence-corrected chi connectivity index (χ1v) is 11.6. The fourth-order valence-electron chi connectivity index (χ4n) is 4.86. The third-order valence-electron chi connectivity index (χ3n) is 6.42. The van der Waals surface area contributed by atoms with Crippen molar-refractivity contribution in [1.29, 1.82) is 0 Å². The predicted molar refractivity (Wildman–Crippen MR) is 123 cm³/mol. The summed E-state index contributed by atoms with van der Waals surface area (Å²) in [5, 5.41) is 0. The van der Waals surface area contributed by atoms with Gasteiger partial charge in [0.2, 0.25) is 13.2 Å². The number of benzene rings is 1. The Kier molecular flexibility index (Phi) is 6.65. The molecule has 2 N–H and O–H groups in total. The number of imidazole rings is 1. The van der Waals surface area contributed by atoms with Gasteiger partial charge in [0, 0.05) is 30.6 Å². The molecule has 0 unspecified atom stereocenters. The third kappa shape index (κ3) is 4.72. The number of aromatic nitrogens is 2. The monoisotopic (exact) mass is 410 g/mol. The molecular weight excluding hydrogens is 379 g/mol. The quantitative estimate of drug-likeness (QED) is 0.559. The van der Waals surface area contributed by atoms with E-state index in [9.17, 15) is 4.79 Å². The molecule has 0 radical (unpaired) electrons. The molecule has 2 aromatic rings. The molecule has 2 heterocycles. The van der Waals surface area contributed by atoms with Gasteiger partial charge in [-0.25, -0.2) is 4.98 Å². The molecule has 29 heavy (non-hydrogen) atoms. The molecule has 1 aliphatic heterocycles. The summed E-state index contributed by atoms with van der Waals surface area (Å²) in [6, 6.07) is 9.93. The Morgan fingerprint density at radius 1 is 1.21 bits per heavy atom. The van der Waals surface area contributed by atoms with Crippen LogP contribution in [0.2, 0.25) is 0 Å². The molecule has 154 valence electrons. The summed E-state index contributed by atoms with van der Waals surface area (Å²) in [5.41, 5.74) is 8.41. The second-order valence-corrected chi connectivity index (χ2v) is 8.89. The van der Waals surface area contributed by atoms with Crippen molar-refractivity contribution in [2.75, 3.05) is 12.3 Å². The minimum atomic E-state index is -0.544. The standard InChI is InChI=1S/C22H31BN4OS/c24-18(15-29)22(28)27-12-11-26-14-20(23-17-9-5-2-6-10-17)25-21(26)19(27)13-16-7-3-1-4-8-16/h2,5-6,9-10,14,16,18-19,23,29H,1,3-4,7-8,11-13,15,24H2/t18-,19-/m1/s1. The molecular formula is C22H31BN4OS. The summed E-state index contributed by atoms with van der Waals surface area (Å²) in [7, 11) is 0.821. The topological polar surface area (TPSA) is 64.2 Å². The number of hydrogen-bond donors (Lipinski definition) is 2. The van der Waals surface area contributed by atoms with Gasteiger partial charge in [-0.15, -0.1) is 0 Å². The minimum absolute atomic E-state index is 0.0136. The zero-order valence-corrected chi connectivity index (χ0v) is 17.9. The SMILES string of the molecule is N[C@H](CS)C(=O)N1CCn2cc(Bc3ccccc3)nc2[C@H]1CC1CCCCC1. The summed E-state index contributed by atoms with van der Waals surface area (Å²) in [6.45, 7) is 1.48. The van der Waals surface area contributed by atoms with Crippen molar-refractivity contribution >= 4 is 36.9 Å². The van der Waals surface area contributed by atoms with E-state index >= 15 is 0 Å². The highest BCUT2D eigenvalue weighted by Gasteiger charge is 2.36. The molecule has 0 saturated heterocycles. The lowest BCUT2D eigenvalue weighted by atomic mass is 9.67. The first-order chi connectivity index (χ1) is 14.2. The Hall–Kier alpha value is -1.73. The third-order valence-corrected chi connectivity index (χ3v) is 6.81. The lowest BCUT2D eigenvalue weighted by Gasteiger charge is -2.39. The molecule has 2 atom stereocenters. The smallest absolute Gasteiger partial charge is 0.241 e. The van der Waals surface area contributed by atoms with Crippen LogP contribution < -0.4 is 16.8 Å². The van der Waals surface area contributed by atoms with Crippen molar-refractivity contribution in [1.82, 2.24) is 14.5 Å². The molecule has 1 fully saturated rings. The average molecular weight is 410 g/mol. The van der Waals surface area contributed by atoms with E-state index in [4.69, 9.17) is 10.7 Å². The first-order valence-electron chi connectivity index (χ1n) is 10.9. The van der Waals surface area contributed by atoms with Crippen LogP contribution in [-0.2, 0) is 11.3 Å². The Bertz CT molecular complexity index is 821. The van der Waals surface area contributed by atoms with E-state index in [-0.39, 0.29) is 11.9 Å². The van der Waals surface area contributed by atoms with Gasteiger partial charge in [0.15, 0.2) is 0 Å². The van der Waals surface area contributed by atoms with Crippen LogP contribution in [0.3, 0.4) is 0 Å². The maximum Gasteiger partial charge on any atom is 0.241 e. The van der Waals surface area contributed by atoms with Gasteiger partial charge in [-0.3, -0.25) is 4.79 Å². The van der Waals surface area contributed by atoms with Crippen LogP contribution in [0.15, 0.2) is 36.5 Å². The van der Waals surface area contributed by atoms with E-state index < -0.39 is 6.04 Å². The van der Waals surface area contributed by atoms with Crippen molar-refractivity contribution in [3.63, 3.8) is 0 Å². The number of amides is 1. The van der Waals surface area contributed by atoms with Crippen molar-refractivity contribution in [3.05, 3.63) is 42.4 Å². The number of rotatable bonds is 6. The van der Waals surface area contributed by atoms with Gasteiger partial charge in [0.05, 0.1) is 12.1 Å². The normalized spacial score (nSPS) is 20.9. The lowest BCUT2D eigenvalue weighted by molar-refractivity contribution is -0.136. The summed E-state index contributed by atoms with van der Waals surface area (Å²) in [4.78, 5) is 20.0. The number of nitrogens with zero attached hydrogens (tertiary/aromatic N) is 3. The minimum Gasteiger partial charge on any atom is -0.332 e. The molecule has 1 aromatic heterocycles. The van der Waals surface area contributed by atoms with Crippen molar-refractivity contribution < 1.29 is 4.79 Å². The summed E-state index contributed by atoms with van der Waals surface area (Å²) >= 11 is 4.26. The van der Waals surface area contributed by atoms with Crippen LogP contribution in [-0.4, -0.2) is 46.0 Å². The van der Waals surface area contributed by atoms with Crippen molar-refractivity contribution in [3.8, 4) is 0 Å². The van der Waals surface area contributed by atoms with Crippen LogP contribution in [0.4, 0.5) is 0 Å². The fourth-order valence-corrected chi connectivity index (χ4v) is 5.01. The number of fused-ring (bicyclic) bond motifs is 1. The van der Waals surface area contributed by atoms with Crippen LogP contribution in [0, 0.1) is 5.92 Å². The van der Waals surface area contributed by atoms with E-state index in [1.54, 1.807) is 0 Å². The molecule has 7 heteroatoms. The first kappa shape index (κ1) is 20.5. The van der Waals surface area contributed by atoms with Crippen LogP contribution in [0.1, 0.15) is 50.4 Å². The molecule has 4 rings (SSSR count). The number of thiol groups is 1. The molecule has 1 saturated carbocycles. The van der Waals surface area contributed by atoms with E-state index in [1.165, 1.54) is 37.6 Å². The summed E-state index contributed by atoms with van der Waals surface area (Å²) in [6.07, 6.45) is 9.63. The highest BCUT2D eigenvalue weighted by molar-refractivity contribution is 7.80. The van der Waals surface area contributed by atoms with Crippen LogP contribution in [0.5, 0.6) is 0 Å². The van der Waals surface area contributed by atoms with Gasteiger partial charge in [0.25, 0.3) is 0 Å². The molecule has 1 amide bonds. The second kappa shape index (κ2) is 9.39.